The highest BCUT2D eigenvalue weighted by atomic mass is 127. The summed E-state index contributed by atoms with van der Waals surface area (Å²) in [7, 11) is 0. The Bertz CT molecular complexity index is 733. The lowest BCUT2D eigenvalue weighted by Gasteiger charge is -2.35. The molecule has 132 valence electrons. The van der Waals surface area contributed by atoms with E-state index in [1.54, 1.807) is 12.4 Å². The number of guanidine groups is 1. The number of halogens is 1. The Morgan fingerprint density at radius 1 is 1.08 bits per heavy atom. The molecule has 0 bridgehead atoms. The van der Waals surface area contributed by atoms with Gasteiger partial charge in [0.1, 0.15) is 18.4 Å². The van der Waals surface area contributed by atoms with Crippen molar-refractivity contribution in [3.8, 4) is 5.75 Å². The normalized spacial score (nSPS) is 19.8. The van der Waals surface area contributed by atoms with E-state index in [1.165, 1.54) is 0 Å². The molecule has 1 fully saturated rings. The predicted molar refractivity (Wildman–Crippen MR) is 108 cm³/mol. The SMILES string of the molecule is I.NC(=NC1COc2ccccc21)N1CCN(c2ncccn2)CC1. The summed E-state index contributed by atoms with van der Waals surface area (Å²) in [6.45, 7) is 3.83. The van der Waals surface area contributed by atoms with Gasteiger partial charge < -0.3 is 20.3 Å². The Balaban J connectivity index is 0.00000182. The molecule has 1 saturated heterocycles. The second-order valence-corrected chi connectivity index (χ2v) is 5.87. The van der Waals surface area contributed by atoms with Crippen molar-refractivity contribution in [2.75, 3.05) is 37.7 Å². The number of nitrogens with zero attached hydrogens (tertiary/aromatic N) is 5. The van der Waals surface area contributed by atoms with Crippen molar-refractivity contribution in [1.82, 2.24) is 14.9 Å². The summed E-state index contributed by atoms with van der Waals surface area (Å²) in [6, 6.07) is 9.81. The molecule has 7 nitrogen and oxygen atoms in total. The molecule has 1 unspecified atom stereocenters. The Morgan fingerprint density at radius 2 is 1.80 bits per heavy atom. The quantitative estimate of drug-likeness (QED) is 0.424. The molecule has 2 aliphatic rings. The van der Waals surface area contributed by atoms with Crippen LogP contribution in [0.5, 0.6) is 5.75 Å². The summed E-state index contributed by atoms with van der Waals surface area (Å²) in [5, 5.41) is 0. The number of anilines is 1. The lowest BCUT2D eigenvalue weighted by Crippen LogP contribution is -2.51. The fraction of sp³-hybridized carbons (Fsp3) is 0.353. The third kappa shape index (κ3) is 3.78. The molecular weight excluding hydrogens is 431 g/mol. The van der Waals surface area contributed by atoms with Crippen LogP contribution in [-0.2, 0) is 0 Å². The van der Waals surface area contributed by atoms with Gasteiger partial charge in [-0.05, 0) is 12.1 Å². The number of hydrogen-bond acceptors (Lipinski definition) is 5. The van der Waals surface area contributed by atoms with Crippen LogP contribution in [0.15, 0.2) is 47.7 Å². The van der Waals surface area contributed by atoms with Gasteiger partial charge in [-0.15, -0.1) is 24.0 Å². The van der Waals surface area contributed by atoms with Crippen molar-refractivity contribution in [1.29, 1.82) is 0 Å². The largest absolute Gasteiger partial charge is 0.491 e. The molecule has 2 N–H and O–H groups in total. The van der Waals surface area contributed by atoms with E-state index < -0.39 is 0 Å². The standard InChI is InChI=1S/C17H20N6O.HI/c18-16(21-14-12-24-15-5-2-1-4-13(14)15)22-8-10-23(11-9-22)17-19-6-3-7-20-17;/h1-7,14H,8-12H2,(H2,18,21);1H. The van der Waals surface area contributed by atoms with Gasteiger partial charge in [0, 0.05) is 44.1 Å². The van der Waals surface area contributed by atoms with Crippen molar-refractivity contribution in [3.05, 3.63) is 48.3 Å². The number of aliphatic imine (C=N–C) groups is 1. The third-order valence-electron chi connectivity index (χ3n) is 4.40. The van der Waals surface area contributed by atoms with E-state index in [0.717, 1.165) is 43.4 Å². The monoisotopic (exact) mass is 452 g/mol. The maximum atomic E-state index is 6.24. The molecule has 1 aromatic carbocycles. The minimum absolute atomic E-state index is 0. The molecule has 1 aromatic heterocycles. The van der Waals surface area contributed by atoms with Crippen LogP contribution in [0.3, 0.4) is 0 Å². The number of piperazine rings is 1. The van der Waals surface area contributed by atoms with Crippen molar-refractivity contribution in [2.45, 2.75) is 6.04 Å². The lowest BCUT2D eigenvalue weighted by atomic mass is 10.1. The summed E-state index contributed by atoms with van der Waals surface area (Å²) in [6.07, 6.45) is 3.53. The second kappa shape index (κ2) is 7.85. The van der Waals surface area contributed by atoms with Gasteiger partial charge in [-0.25, -0.2) is 15.0 Å². The number of para-hydroxylation sites is 1. The Hall–Kier alpha value is -2.10. The van der Waals surface area contributed by atoms with Crippen LogP contribution in [-0.4, -0.2) is 53.6 Å². The second-order valence-electron chi connectivity index (χ2n) is 5.87. The maximum absolute atomic E-state index is 6.24. The first-order chi connectivity index (χ1) is 11.8. The summed E-state index contributed by atoms with van der Waals surface area (Å²) >= 11 is 0. The Kier molecular flexibility index (Phi) is 5.57. The molecule has 2 aliphatic heterocycles. The van der Waals surface area contributed by atoms with Crippen LogP contribution in [0, 0.1) is 0 Å². The molecule has 8 heteroatoms. The van der Waals surface area contributed by atoms with E-state index in [0.29, 0.717) is 12.6 Å². The number of benzene rings is 1. The Morgan fingerprint density at radius 3 is 2.56 bits per heavy atom. The summed E-state index contributed by atoms with van der Waals surface area (Å²) < 4.78 is 5.67. The van der Waals surface area contributed by atoms with Crippen molar-refractivity contribution < 1.29 is 4.74 Å². The van der Waals surface area contributed by atoms with Crippen LogP contribution < -0.4 is 15.4 Å². The molecule has 0 saturated carbocycles. The third-order valence-corrected chi connectivity index (χ3v) is 4.40. The molecular formula is C17H21IN6O. The van der Waals surface area contributed by atoms with Gasteiger partial charge >= 0.3 is 0 Å². The minimum atomic E-state index is -0.0170. The number of fused-ring (bicyclic) bond motifs is 1. The van der Waals surface area contributed by atoms with Gasteiger partial charge in [-0.2, -0.15) is 0 Å². The number of hydrogen-bond donors (Lipinski definition) is 1. The molecule has 2 aromatic rings. The highest BCUT2D eigenvalue weighted by Crippen LogP contribution is 2.34. The van der Waals surface area contributed by atoms with Gasteiger partial charge in [-0.1, -0.05) is 18.2 Å². The summed E-state index contributed by atoms with van der Waals surface area (Å²) in [5.41, 5.74) is 7.35. The highest BCUT2D eigenvalue weighted by Gasteiger charge is 2.25. The van der Waals surface area contributed by atoms with Crippen molar-refractivity contribution in [3.63, 3.8) is 0 Å². The van der Waals surface area contributed by atoms with Crippen LogP contribution in [0.25, 0.3) is 0 Å². The van der Waals surface area contributed by atoms with E-state index in [1.807, 2.05) is 24.3 Å². The topological polar surface area (TPSA) is 79.9 Å². The molecule has 1 atom stereocenters. The molecule has 0 spiro atoms. The molecule has 0 radical (unpaired) electrons. The predicted octanol–water partition coefficient (Wildman–Crippen LogP) is 1.67. The maximum Gasteiger partial charge on any atom is 0.225 e. The number of rotatable bonds is 2. The van der Waals surface area contributed by atoms with E-state index in [-0.39, 0.29) is 30.0 Å². The number of ether oxygens (including phenoxy) is 1. The fourth-order valence-corrected chi connectivity index (χ4v) is 3.08. The molecule has 3 heterocycles. The Labute approximate surface area is 163 Å². The zero-order chi connectivity index (χ0) is 16.4. The van der Waals surface area contributed by atoms with Crippen LogP contribution in [0.4, 0.5) is 5.95 Å². The zero-order valence-corrected chi connectivity index (χ0v) is 16.1. The van der Waals surface area contributed by atoms with Crippen molar-refractivity contribution in [2.24, 2.45) is 10.7 Å². The van der Waals surface area contributed by atoms with Gasteiger partial charge in [0.25, 0.3) is 0 Å². The average molecular weight is 452 g/mol. The minimum Gasteiger partial charge on any atom is -0.491 e. The highest BCUT2D eigenvalue weighted by molar-refractivity contribution is 14.0. The first-order valence-corrected chi connectivity index (χ1v) is 8.13. The summed E-state index contributed by atoms with van der Waals surface area (Å²) in [5.74, 6) is 2.25. The number of aromatic nitrogens is 2. The molecule has 0 amide bonds. The van der Waals surface area contributed by atoms with E-state index >= 15 is 0 Å². The molecule has 0 aliphatic carbocycles. The van der Waals surface area contributed by atoms with Gasteiger partial charge in [-0.3, -0.25) is 0 Å². The fourth-order valence-electron chi connectivity index (χ4n) is 3.08. The summed E-state index contributed by atoms with van der Waals surface area (Å²) in [4.78, 5) is 17.6. The van der Waals surface area contributed by atoms with Crippen LogP contribution in [0.1, 0.15) is 11.6 Å². The molecule has 4 rings (SSSR count). The van der Waals surface area contributed by atoms with E-state index in [2.05, 4.69) is 30.8 Å². The van der Waals surface area contributed by atoms with Crippen molar-refractivity contribution >= 4 is 35.9 Å². The van der Waals surface area contributed by atoms with Gasteiger partial charge in [0.2, 0.25) is 5.95 Å². The molecule has 25 heavy (non-hydrogen) atoms. The lowest BCUT2D eigenvalue weighted by molar-refractivity contribution is 0.329. The van der Waals surface area contributed by atoms with Gasteiger partial charge in [0.05, 0.1) is 0 Å². The van der Waals surface area contributed by atoms with E-state index in [9.17, 15) is 0 Å². The number of nitrogens with two attached hydrogens (primary N) is 1. The first-order valence-electron chi connectivity index (χ1n) is 8.13. The smallest absolute Gasteiger partial charge is 0.225 e. The van der Waals surface area contributed by atoms with E-state index in [4.69, 9.17) is 10.5 Å². The van der Waals surface area contributed by atoms with Gasteiger partial charge in [0.15, 0.2) is 5.96 Å². The van der Waals surface area contributed by atoms with Crippen LogP contribution >= 0.6 is 24.0 Å². The zero-order valence-electron chi connectivity index (χ0n) is 13.8. The van der Waals surface area contributed by atoms with Crippen LogP contribution in [0.2, 0.25) is 0 Å². The average Bonchev–Trinajstić information content (AvgIpc) is 3.06. The first kappa shape index (κ1) is 17.7.